The van der Waals surface area contributed by atoms with E-state index in [1.54, 1.807) is 0 Å². The van der Waals surface area contributed by atoms with Crippen LogP contribution in [0.2, 0.25) is 0 Å². The molecule has 0 saturated carbocycles. The first-order valence-corrected chi connectivity index (χ1v) is 20.1. The number of carbonyl (C=O) groups is 1. The van der Waals surface area contributed by atoms with Gasteiger partial charge in [-0.3, -0.25) is 9.35 Å². The van der Waals surface area contributed by atoms with Crippen molar-refractivity contribution < 1.29 is 56.2 Å². The third kappa shape index (κ3) is 23.7. The van der Waals surface area contributed by atoms with Gasteiger partial charge in [-0.05, 0) is 44.9 Å². The normalized spacial score (nSPS) is 22.2. The summed E-state index contributed by atoms with van der Waals surface area (Å²) in [4.78, 5) is 12.7. The predicted molar refractivity (Wildman–Crippen MR) is 193 cm³/mol. The molecular weight excluding hydrogens is 668 g/mol. The maximum Gasteiger partial charge on any atom is 0.397 e. The van der Waals surface area contributed by atoms with Crippen LogP contribution >= 0.6 is 0 Å². The van der Waals surface area contributed by atoms with Gasteiger partial charge in [-0.25, -0.2) is 4.18 Å². The Hall–Kier alpha value is -1.68. The number of esters is 1. The number of unbranched alkanes of at least 4 members (excludes halogenated alkanes) is 12. The summed E-state index contributed by atoms with van der Waals surface area (Å²) < 4.78 is 58.6. The van der Waals surface area contributed by atoms with Crippen LogP contribution in [0.25, 0.3) is 0 Å². The Balaban J connectivity index is 2.51. The van der Waals surface area contributed by atoms with Gasteiger partial charge < -0.3 is 34.3 Å². The largest absolute Gasteiger partial charge is 0.457 e. The highest BCUT2D eigenvalue weighted by Crippen LogP contribution is 2.26. The molecule has 1 fully saturated rings. The SMILES string of the molecule is CC/C=C\C/C=C\C/C=C\CCCCCCCC(=O)OC(COCCCCCCCCCC)COC1OC(CO)C(O)C(OS(=O)(=O)O)C1O. The van der Waals surface area contributed by atoms with Gasteiger partial charge in [0.05, 0.1) is 19.8 Å². The molecule has 12 nitrogen and oxygen atoms in total. The fourth-order valence-electron chi connectivity index (χ4n) is 5.45. The van der Waals surface area contributed by atoms with E-state index in [9.17, 15) is 28.5 Å². The lowest BCUT2D eigenvalue weighted by Gasteiger charge is -2.41. The summed E-state index contributed by atoms with van der Waals surface area (Å²) in [6.07, 6.45) is 22.0. The molecule has 0 bridgehead atoms. The number of aliphatic hydroxyl groups excluding tert-OH is 3. The Kier molecular flexibility index (Phi) is 27.7. The zero-order chi connectivity index (χ0) is 36.9. The van der Waals surface area contributed by atoms with Gasteiger partial charge in [-0.15, -0.1) is 0 Å². The molecule has 4 N–H and O–H groups in total. The number of hydrogen-bond donors (Lipinski definition) is 4. The van der Waals surface area contributed by atoms with Crippen LogP contribution < -0.4 is 0 Å². The van der Waals surface area contributed by atoms with Gasteiger partial charge in [0.15, 0.2) is 6.29 Å². The van der Waals surface area contributed by atoms with E-state index < -0.39 is 59.8 Å². The minimum atomic E-state index is -5.05. The van der Waals surface area contributed by atoms with Gasteiger partial charge in [0.25, 0.3) is 0 Å². The lowest BCUT2D eigenvalue weighted by molar-refractivity contribution is -0.301. The van der Waals surface area contributed by atoms with Gasteiger partial charge in [0, 0.05) is 13.0 Å². The maximum absolute atomic E-state index is 12.7. The van der Waals surface area contributed by atoms with Gasteiger partial charge in [-0.2, -0.15) is 8.42 Å². The Morgan fingerprint density at radius 1 is 0.780 bits per heavy atom. The van der Waals surface area contributed by atoms with E-state index in [1.807, 2.05) is 0 Å². The third-order valence-electron chi connectivity index (χ3n) is 8.28. The average molecular weight is 735 g/mol. The van der Waals surface area contributed by atoms with Crippen LogP contribution in [-0.4, -0.2) is 97.5 Å². The van der Waals surface area contributed by atoms with Crippen LogP contribution in [0.15, 0.2) is 36.5 Å². The topological polar surface area (TPSA) is 178 Å². The number of allylic oxidation sites excluding steroid dienone is 6. The van der Waals surface area contributed by atoms with E-state index in [1.165, 1.54) is 32.1 Å². The second kappa shape index (κ2) is 29.9. The number of aliphatic hydroxyl groups is 3. The van der Waals surface area contributed by atoms with E-state index in [-0.39, 0.29) is 19.6 Å². The number of ether oxygens (including phenoxy) is 4. The van der Waals surface area contributed by atoms with Crippen LogP contribution in [0, 0.1) is 0 Å². The molecule has 0 aromatic rings. The summed E-state index contributed by atoms with van der Waals surface area (Å²) in [7, 11) is -5.05. The van der Waals surface area contributed by atoms with Crippen molar-refractivity contribution in [2.45, 2.75) is 166 Å². The summed E-state index contributed by atoms with van der Waals surface area (Å²) >= 11 is 0. The highest BCUT2D eigenvalue weighted by atomic mass is 32.3. The van der Waals surface area contributed by atoms with Gasteiger partial charge in [-0.1, -0.05) is 115 Å². The second-order valence-corrected chi connectivity index (χ2v) is 13.8. The predicted octanol–water partition coefficient (Wildman–Crippen LogP) is 6.29. The number of hydrogen-bond acceptors (Lipinski definition) is 11. The first-order valence-electron chi connectivity index (χ1n) is 18.7. The van der Waals surface area contributed by atoms with Crippen molar-refractivity contribution in [2.24, 2.45) is 0 Å². The lowest BCUT2D eigenvalue weighted by Crippen LogP contribution is -2.60. The monoisotopic (exact) mass is 734 g/mol. The van der Waals surface area contributed by atoms with Crippen molar-refractivity contribution in [3.8, 4) is 0 Å². The van der Waals surface area contributed by atoms with Crippen molar-refractivity contribution in [3.63, 3.8) is 0 Å². The van der Waals surface area contributed by atoms with Crippen molar-refractivity contribution in [1.82, 2.24) is 0 Å². The molecule has 1 heterocycles. The highest BCUT2D eigenvalue weighted by Gasteiger charge is 2.48. The molecule has 13 heteroatoms. The van der Waals surface area contributed by atoms with E-state index in [0.717, 1.165) is 70.6 Å². The molecule has 0 spiro atoms. The zero-order valence-corrected chi connectivity index (χ0v) is 31.3. The Bertz CT molecular complexity index is 1030. The van der Waals surface area contributed by atoms with Crippen molar-refractivity contribution in [3.05, 3.63) is 36.5 Å². The highest BCUT2D eigenvalue weighted by molar-refractivity contribution is 7.80. The summed E-state index contributed by atoms with van der Waals surface area (Å²) in [5, 5.41) is 30.4. The zero-order valence-electron chi connectivity index (χ0n) is 30.4. The molecule has 0 amide bonds. The Labute approximate surface area is 301 Å². The quantitative estimate of drug-likeness (QED) is 0.0271. The molecule has 0 radical (unpaired) electrons. The third-order valence-corrected chi connectivity index (χ3v) is 8.74. The summed E-state index contributed by atoms with van der Waals surface area (Å²) in [5.41, 5.74) is 0. The van der Waals surface area contributed by atoms with Gasteiger partial charge in [0.1, 0.15) is 30.5 Å². The van der Waals surface area contributed by atoms with E-state index >= 15 is 0 Å². The maximum atomic E-state index is 12.7. The second-order valence-electron chi connectivity index (χ2n) is 12.8. The van der Waals surface area contributed by atoms with E-state index in [2.05, 4.69) is 54.5 Å². The molecule has 0 aromatic carbocycles. The van der Waals surface area contributed by atoms with Crippen LogP contribution in [-0.2, 0) is 38.3 Å². The number of rotatable bonds is 31. The minimum Gasteiger partial charge on any atom is -0.457 e. The van der Waals surface area contributed by atoms with Crippen LogP contribution in [0.5, 0.6) is 0 Å². The van der Waals surface area contributed by atoms with Crippen molar-refractivity contribution in [1.29, 1.82) is 0 Å². The Morgan fingerprint density at radius 3 is 2.02 bits per heavy atom. The van der Waals surface area contributed by atoms with Crippen molar-refractivity contribution >= 4 is 16.4 Å². The molecule has 292 valence electrons. The fourth-order valence-corrected chi connectivity index (χ4v) is 5.96. The summed E-state index contributed by atoms with van der Waals surface area (Å²) in [6.45, 7) is 3.79. The molecule has 1 aliphatic rings. The van der Waals surface area contributed by atoms with Crippen LogP contribution in [0.3, 0.4) is 0 Å². The minimum absolute atomic E-state index is 0.0290. The summed E-state index contributed by atoms with van der Waals surface area (Å²) in [6, 6.07) is 0. The first-order chi connectivity index (χ1) is 24.1. The lowest BCUT2D eigenvalue weighted by atomic mass is 9.99. The molecule has 1 saturated heterocycles. The standard InChI is InChI=1S/C37H66O12S/c1-3-5-7-9-11-13-14-15-16-17-18-19-20-22-24-26-33(39)47-31(29-45-27-25-23-21-12-10-8-6-4-2)30-46-37-35(41)36(49-50(42,43)44)34(40)32(28-38)48-37/h5,7,11,13,15-16,31-32,34-38,40-41H,3-4,6,8-10,12,14,17-30H2,1-2H3,(H,42,43,44)/b7-5-,13-11-,16-15-. The summed E-state index contributed by atoms with van der Waals surface area (Å²) in [5.74, 6) is -0.420. The molecule has 50 heavy (non-hydrogen) atoms. The van der Waals surface area contributed by atoms with Gasteiger partial charge in [0.2, 0.25) is 0 Å². The van der Waals surface area contributed by atoms with Crippen molar-refractivity contribution in [2.75, 3.05) is 26.4 Å². The van der Waals surface area contributed by atoms with E-state index in [0.29, 0.717) is 13.0 Å². The molecule has 1 rings (SSSR count). The number of carbonyl (C=O) groups excluding carboxylic acids is 1. The average Bonchev–Trinajstić information content (AvgIpc) is 3.08. The molecule has 0 aliphatic carbocycles. The first kappa shape index (κ1) is 46.3. The molecule has 0 aromatic heterocycles. The molecule has 6 atom stereocenters. The van der Waals surface area contributed by atoms with Gasteiger partial charge >= 0.3 is 16.4 Å². The molecule has 6 unspecified atom stereocenters. The van der Waals surface area contributed by atoms with Crippen LogP contribution in [0.1, 0.15) is 129 Å². The van der Waals surface area contributed by atoms with E-state index in [4.69, 9.17) is 23.5 Å². The Morgan fingerprint density at radius 2 is 1.38 bits per heavy atom. The molecular formula is C37H66O12S. The van der Waals surface area contributed by atoms with Crippen LogP contribution in [0.4, 0.5) is 0 Å². The molecule has 1 aliphatic heterocycles. The smallest absolute Gasteiger partial charge is 0.397 e. The fraction of sp³-hybridized carbons (Fsp3) is 0.811.